The largest absolute Gasteiger partial charge is 0.441 e. The van der Waals surface area contributed by atoms with E-state index in [0.29, 0.717) is 17.3 Å². The molecule has 6 nitrogen and oxygen atoms in total. The Morgan fingerprint density at radius 3 is 2.41 bits per heavy atom. The molecule has 1 aliphatic rings. The summed E-state index contributed by atoms with van der Waals surface area (Å²) in [6.45, 7) is 7.62. The van der Waals surface area contributed by atoms with Gasteiger partial charge in [0.2, 0.25) is 0 Å². The lowest BCUT2D eigenvalue weighted by Gasteiger charge is -2.28. The molecule has 0 unspecified atom stereocenters. The number of nitrogens with one attached hydrogen (secondary N) is 1. The van der Waals surface area contributed by atoms with Gasteiger partial charge in [0, 0.05) is 19.2 Å². The number of amides is 2. The molecule has 140 valence electrons. The highest BCUT2D eigenvalue weighted by atomic mass is 32.1. The van der Waals surface area contributed by atoms with Crippen LogP contribution in [0, 0.1) is 6.92 Å². The second-order valence-corrected chi connectivity index (χ2v) is 6.53. The first kappa shape index (κ1) is 18.8. The van der Waals surface area contributed by atoms with Crippen LogP contribution in [0.1, 0.15) is 25.2 Å². The van der Waals surface area contributed by atoms with Crippen LogP contribution in [0.4, 0.5) is 11.6 Å². The Bertz CT molecular complexity index is 911. The molecule has 0 aliphatic carbocycles. The Morgan fingerprint density at radius 1 is 1.11 bits per heavy atom. The molecule has 0 spiro atoms. The normalized spacial score (nSPS) is 16.0. The van der Waals surface area contributed by atoms with E-state index in [0.717, 1.165) is 18.7 Å². The number of aryl methyl sites for hydroxylation is 1. The predicted octanol–water partition coefficient (Wildman–Crippen LogP) is 3.27. The molecule has 27 heavy (non-hydrogen) atoms. The van der Waals surface area contributed by atoms with Crippen molar-refractivity contribution in [3.8, 4) is 0 Å². The number of rotatable bonds is 5. The molecule has 3 rings (SSSR count). The van der Waals surface area contributed by atoms with Gasteiger partial charge in [0.1, 0.15) is 11.3 Å². The van der Waals surface area contributed by atoms with Crippen molar-refractivity contribution in [2.75, 3.05) is 22.9 Å². The van der Waals surface area contributed by atoms with Crippen LogP contribution in [0.3, 0.4) is 0 Å². The SMILES string of the molecule is CCN(CC)c1ccc(/C=C2\C(=O)NC(=S)N(c3ccc(C)cc3)C2=O)o1. The minimum absolute atomic E-state index is 0.0235. The second kappa shape index (κ2) is 7.75. The van der Waals surface area contributed by atoms with E-state index in [9.17, 15) is 9.59 Å². The number of carbonyl (C=O) groups excluding carboxylic acids is 2. The molecule has 0 saturated carbocycles. The third-order valence-electron chi connectivity index (χ3n) is 4.37. The van der Waals surface area contributed by atoms with Crippen molar-refractivity contribution >= 4 is 46.8 Å². The zero-order chi connectivity index (χ0) is 19.6. The highest BCUT2D eigenvalue weighted by Crippen LogP contribution is 2.24. The highest BCUT2D eigenvalue weighted by Gasteiger charge is 2.34. The molecule has 1 saturated heterocycles. The van der Waals surface area contributed by atoms with E-state index >= 15 is 0 Å². The number of thiocarbonyl (C=S) groups is 1. The molecule has 1 aromatic heterocycles. The molecule has 2 heterocycles. The minimum Gasteiger partial charge on any atom is -0.441 e. The standard InChI is InChI=1S/C20H21N3O3S/c1-4-22(5-2)17-11-10-15(26-17)12-16-18(24)21-20(27)23(19(16)25)14-8-6-13(3)7-9-14/h6-12H,4-5H2,1-3H3,(H,21,24,27)/b16-12+. The van der Waals surface area contributed by atoms with E-state index in [1.165, 1.54) is 11.0 Å². The predicted molar refractivity (Wildman–Crippen MR) is 110 cm³/mol. The summed E-state index contributed by atoms with van der Waals surface area (Å²) in [5.74, 6) is 0.121. The fourth-order valence-corrected chi connectivity index (χ4v) is 3.13. The van der Waals surface area contributed by atoms with Crippen LogP contribution in [0.15, 0.2) is 46.4 Å². The molecule has 1 fully saturated rings. The molecule has 1 aliphatic heterocycles. The van der Waals surface area contributed by atoms with Crippen LogP contribution < -0.4 is 15.1 Å². The maximum atomic E-state index is 12.9. The molecule has 0 radical (unpaired) electrons. The van der Waals surface area contributed by atoms with Gasteiger partial charge in [-0.15, -0.1) is 0 Å². The fraction of sp³-hybridized carbons (Fsp3) is 0.250. The number of hydrogen-bond donors (Lipinski definition) is 1. The van der Waals surface area contributed by atoms with Crippen molar-refractivity contribution in [3.63, 3.8) is 0 Å². The number of benzene rings is 1. The monoisotopic (exact) mass is 383 g/mol. The Labute approximate surface area is 163 Å². The maximum absolute atomic E-state index is 12.9. The molecular weight excluding hydrogens is 362 g/mol. The average molecular weight is 383 g/mol. The van der Waals surface area contributed by atoms with E-state index in [4.69, 9.17) is 16.6 Å². The van der Waals surface area contributed by atoms with Crippen LogP contribution in [0.5, 0.6) is 0 Å². The van der Waals surface area contributed by atoms with Gasteiger partial charge in [-0.05, 0) is 57.3 Å². The van der Waals surface area contributed by atoms with Gasteiger partial charge in [-0.2, -0.15) is 0 Å². The highest BCUT2D eigenvalue weighted by molar-refractivity contribution is 7.80. The van der Waals surface area contributed by atoms with Gasteiger partial charge in [-0.25, -0.2) is 0 Å². The van der Waals surface area contributed by atoms with Gasteiger partial charge in [0.25, 0.3) is 11.8 Å². The van der Waals surface area contributed by atoms with Crippen LogP contribution in [-0.2, 0) is 9.59 Å². The first-order chi connectivity index (χ1) is 12.9. The van der Waals surface area contributed by atoms with Gasteiger partial charge in [-0.1, -0.05) is 17.7 Å². The number of carbonyl (C=O) groups is 2. The second-order valence-electron chi connectivity index (χ2n) is 6.14. The smallest absolute Gasteiger partial charge is 0.270 e. The van der Waals surface area contributed by atoms with Crippen molar-refractivity contribution in [2.24, 2.45) is 0 Å². The third-order valence-corrected chi connectivity index (χ3v) is 4.65. The van der Waals surface area contributed by atoms with Crippen LogP contribution in [0.2, 0.25) is 0 Å². The quantitative estimate of drug-likeness (QED) is 0.488. The summed E-state index contributed by atoms with van der Waals surface area (Å²) in [6, 6.07) is 10.9. The number of nitrogens with zero attached hydrogens (tertiary/aromatic N) is 2. The van der Waals surface area contributed by atoms with Crippen molar-refractivity contribution in [2.45, 2.75) is 20.8 Å². The summed E-state index contributed by atoms with van der Waals surface area (Å²) in [7, 11) is 0. The zero-order valence-electron chi connectivity index (χ0n) is 15.5. The van der Waals surface area contributed by atoms with Gasteiger partial charge >= 0.3 is 0 Å². The number of anilines is 2. The maximum Gasteiger partial charge on any atom is 0.270 e. The summed E-state index contributed by atoms with van der Waals surface area (Å²) in [6.07, 6.45) is 1.45. The van der Waals surface area contributed by atoms with E-state index in [1.54, 1.807) is 18.2 Å². The Hall–Kier alpha value is -2.93. The van der Waals surface area contributed by atoms with E-state index in [1.807, 2.05) is 43.9 Å². The van der Waals surface area contributed by atoms with Gasteiger partial charge in [-0.3, -0.25) is 19.8 Å². The van der Waals surface area contributed by atoms with Gasteiger partial charge < -0.3 is 9.32 Å². The fourth-order valence-electron chi connectivity index (χ4n) is 2.85. The van der Waals surface area contributed by atoms with Crippen molar-refractivity contribution < 1.29 is 14.0 Å². The Kier molecular flexibility index (Phi) is 5.41. The number of hydrogen-bond acceptors (Lipinski definition) is 5. The third kappa shape index (κ3) is 3.78. The Morgan fingerprint density at radius 2 is 1.78 bits per heavy atom. The van der Waals surface area contributed by atoms with Gasteiger partial charge in [0.15, 0.2) is 11.0 Å². The van der Waals surface area contributed by atoms with E-state index < -0.39 is 11.8 Å². The zero-order valence-corrected chi connectivity index (χ0v) is 16.3. The summed E-state index contributed by atoms with van der Waals surface area (Å²) >= 11 is 5.20. The topological polar surface area (TPSA) is 65.8 Å². The summed E-state index contributed by atoms with van der Waals surface area (Å²) < 4.78 is 5.78. The average Bonchev–Trinajstić information content (AvgIpc) is 3.10. The molecule has 1 aromatic carbocycles. The van der Waals surface area contributed by atoms with Crippen LogP contribution in [-0.4, -0.2) is 30.0 Å². The molecule has 7 heteroatoms. The molecule has 2 aromatic rings. The summed E-state index contributed by atoms with van der Waals surface area (Å²) in [4.78, 5) is 28.6. The summed E-state index contributed by atoms with van der Waals surface area (Å²) in [5.41, 5.74) is 1.64. The van der Waals surface area contributed by atoms with Crippen molar-refractivity contribution in [1.82, 2.24) is 5.32 Å². The lowest BCUT2D eigenvalue weighted by atomic mass is 10.1. The molecule has 0 bridgehead atoms. The van der Waals surface area contributed by atoms with E-state index in [-0.39, 0.29) is 10.7 Å². The Balaban J connectivity index is 1.93. The molecular formula is C20H21N3O3S. The first-order valence-corrected chi connectivity index (χ1v) is 9.18. The lowest BCUT2D eigenvalue weighted by Crippen LogP contribution is -2.54. The molecule has 0 atom stereocenters. The van der Waals surface area contributed by atoms with Gasteiger partial charge in [0.05, 0.1) is 5.69 Å². The first-order valence-electron chi connectivity index (χ1n) is 8.77. The van der Waals surface area contributed by atoms with Crippen molar-refractivity contribution in [3.05, 3.63) is 53.3 Å². The molecule has 2 amide bonds. The summed E-state index contributed by atoms with van der Waals surface area (Å²) in [5, 5.41) is 2.64. The van der Waals surface area contributed by atoms with Crippen molar-refractivity contribution in [1.29, 1.82) is 0 Å². The lowest BCUT2D eigenvalue weighted by molar-refractivity contribution is -0.122. The number of furan rings is 1. The molecule has 1 N–H and O–H groups in total. The van der Waals surface area contributed by atoms with Crippen LogP contribution in [0.25, 0.3) is 6.08 Å². The van der Waals surface area contributed by atoms with E-state index in [2.05, 4.69) is 5.32 Å². The van der Waals surface area contributed by atoms with Crippen LogP contribution >= 0.6 is 12.2 Å². The minimum atomic E-state index is -0.533.